The fraction of sp³-hybridized carbons (Fsp3) is 0.818. The minimum Gasteiger partial charge on any atom is -0.480 e. The van der Waals surface area contributed by atoms with Crippen molar-refractivity contribution in [2.45, 2.75) is 50.4 Å². The van der Waals surface area contributed by atoms with Crippen LogP contribution in [0.25, 0.3) is 0 Å². The number of nitrogens with zero attached hydrogens (tertiary/aromatic N) is 1. The van der Waals surface area contributed by atoms with Crippen LogP contribution in [0.3, 0.4) is 0 Å². The lowest BCUT2D eigenvalue weighted by Crippen LogP contribution is -2.51. The van der Waals surface area contributed by atoms with Gasteiger partial charge in [0.15, 0.2) is 0 Å². The number of carboxylic acid groups (broad SMARTS) is 1. The highest BCUT2D eigenvalue weighted by molar-refractivity contribution is 5.88. The van der Waals surface area contributed by atoms with Crippen molar-refractivity contribution >= 4 is 11.9 Å². The third-order valence-electron chi connectivity index (χ3n) is 3.85. The van der Waals surface area contributed by atoms with Crippen LogP contribution in [0.5, 0.6) is 0 Å². The Morgan fingerprint density at radius 2 is 1.78 bits per heavy atom. The van der Waals surface area contributed by atoms with Gasteiger partial charge in [-0.2, -0.15) is 13.2 Å². The largest absolute Gasteiger partial charge is 0.480 e. The molecule has 102 valence electrons. The van der Waals surface area contributed by atoms with Gasteiger partial charge in [0, 0.05) is 6.04 Å². The van der Waals surface area contributed by atoms with Crippen molar-refractivity contribution in [2.24, 2.45) is 5.92 Å². The first-order valence-corrected chi connectivity index (χ1v) is 5.94. The second-order valence-corrected chi connectivity index (χ2v) is 4.91. The summed E-state index contributed by atoms with van der Waals surface area (Å²) < 4.78 is 37.5. The van der Waals surface area contributed by atoms with Gasteiger partial charge in [-0.15, -0.1) is 0 Å². The number of likely N-dealkylation sites (tertiary alicyclic amines) is 1. The van der Waals surface area contributed by atoms with E-state index in [-0.39, 0.29) is 12.3 Å². The number of halogens is 3. The van der Waals surface area contributed by atoms with E-state index in [1.807, 2.05) is 0 Å². The maximum Gasteiger partial charge on any atom is 0.471 e. The lowest BCUT2D eigenvalue weighted by atomic mass is 9.85. The molecule has 0 aromatic heterocycles. The molecule has 0 spiro atoms. The second kappa shape index (κ2) is 4.44. The molecule has 1 amide bonds. The molecule has 2 aliphatic rings. The molecule has 0 radical (unpaired) electrons. The zero-order valence-corrected chi connectivity index (χ0v) is 9.61. The summed E-state index contributed by atoms with van der Waals surface area (Å²) in [5.41, 5.74) is 0. The number of hydrogen-bond acceptors (Lipinski definition) is 2. The Kier molecular flexibility index (Phi) is 3.25. The summed E-state index contributed by atoms with van der Waals surface area (Å²) in [5.74, 6) is -3.46. The van der Waals surface area contributed by atoms with E-state index in [4.69, 9.17) is 5.11 Å². The summed E-state index contributed by atoms with van der Waals surface area (Å²) in [7, 11) is 0. The molecule has 1 aliphatic heterocycles. The summed E-state index contributed by atoms with van der Waals surface area (Å²) >= 11 is 0. The normalized spacial score (nSPS) is 32.2. The van der Waals surface area contributed by atoms with Crippen molar-refractivity contribution in [3.8, 4) is 0 Å². The average Bonchev–Trinajstić information content (AvgIpc) is 2.65. The van der Waals surface area contributed by atoms with Crippen LogP contribution in [0.2, 0.25) is 0 Å². The Labute approximate surface area is 102 Å². The van der Waals surface area contributed by atoms with Gasteiger partial charge in [0.1, 0.15) is 6.04 Å². The molecule has 1 heterocycles. The van der Waals surface area contributed by atoms with E-state index in [1.54, 1.807) is 0 Å². The minimum absolute atomic E-state index is 0.105. The van der Waals surface area contributed by atoms with Crippen LogP contribution >= 0.6 is 0 Å². The Balaban J connectivity index is 2.27. The number of amides is 1. The van der Waals surface area contributed by atoms with Crippen LogP contribution < -0.4 is 0 Å². The van der Waals surface area contributed by atoms with Crippen molar-refractivity contribution in [3.05, 3.63) is 0 Å². The summed E-state index contributed by atoms with van der Waals surface area (Å²) in [6, 6.07) is -1.89. The molecular formula is C11H14F3NO3. The first kappa shape index (κ1) is 13.2. The number of carboxylic acids is 1. The van der Waals surface area contributed by atoms with Gasteiger partial charge >= 0.3 is 18.1 Å². The van der Waals surface area contributed by atoms with Crippen molar-refractivity contribution < 1.29 is 27.9 Å². The predicted octanol–water partition coefficient (Wildman–Crippen LogP) is 1.79. The summed E-state index contributed by atoms with van der Waals surface area (Å²) in [4.78, 5) is 23.0. The Hall–Kier alpha value is -1.27. The van der Waals surface area contributed by atoms with Crippen molar-refractivity contribution in [3.63, 3.8) is 0 Å². The first-order chi connectivity index (χ1) is 8.32. The van der Waals surface area contributed by atoms with E-state index in [0.717, 1.165) is 12.8 Å². The third-order valence-corrected chi connectivity index (χ3v) is 3.85. The number of aliphatic carboxylic acids is 1. The second-order valence-electron chi connectivity index (χ2n) is 4.91. The van der Waals surface area contributed by atoms with E-state index in [1.165, 1.54) is 0 Å². The quantitative estimate of drug-likeness (QED) is 0.786. The van der Waals surface area contributed by atoms with E-state index in [2.05, 4.69) is 0 Å². The van der Waals surface area contributed by atoms with Crippen LogP contribution in [-0.2, 0) is 9.59 Å². The van der Waals surface area contributed by atoms with Crippen molar-refractivity contribution in [1.82, 2.24) is 4.90 Å². The fourth-order valence-electron chi connectivity index (χ4n) is 3.12. The Morgan fingerprint density at radius 3 is 2.33 bits per heavy atom. The van der Waals surface area contributed by atoms with Crippen LogP contribution in [0.15, 0.2) is 0 Å². The molecule has 1 N–H and O–H groups in total. The molecule has 2 rings (SSSR count). The smallest absolute Gasteiger partial charge is 0.471 e. The monoisotopic (exact) mass is 265 g/mol. The van der Waals surface area contributed by atoms with Crippen LogP contribution in [0.4, 0.5) is 13.2 Å². The highest BCUT2D eigenvalue weighted by atomic mass is 19.4. The standard InChI is InChI=1S/C11H14F3NO3/c12-11(13,14)10(18)15-7-4-2-1-3-6(7)5-8(15)9(16)17/h6-8H,1-5H2,(H,16,17). The molecule has 0 bridgehead atoms. The number of fused-ring (bicyclic) bond motifs is 1. The van der Waals surface area contributed by atoms with E-state index in [0.29, 0.717) is 17.7 Å². The van der Waals surface area contributed by atoms with Crippen LogP contribution in [-0.4, -0.2) is 40.1 Å². The number of hydrogen-bond donors (Lipinski definition) is 1. The zero-order chi connectivity index (χ0) is 13.5. The molecule has 18 heavy (non-hydrogen) atoms. The summed E-state index contributed by atoms with van der Waals surface area (Å²) in [6.45, 7) is 0. The van der Waals surface area contributed by atoms with Crippen molar-refractivity contribution in [1.29, 1.82) is 0 Å². The number of alkyl halides is 3. The van der Waals surface area contributed by atoms with E-state index >= 15 is 0 Å². The molecule has 3 atom stereocenters. The van der Waals surface area contributed by atoms with Gasteiger partial charge in [0.05, 0.1) is 0 Å². The van der Waals surface area contributed by atoms with Gasteiger partial charge in [-0.25, -0.2) is 4.79 Å². The predicted molar refractivity (Wildman–Crippen MR) is 54.7 cm³/mol. The van der Waals surface area contributed by atoms with Gasteiger partial charge in [0.2, 0.25) is 0 Å². The Morgan fingerprint density at radius 1 is 1.17 bits per heavy atom. The van der Waals surface area contributed by atoms with E-state index < -0.39 is 30.1 Å². The van der Waals surface area contributed by atoms with Gasteiger partial charge in [-0.3, -0.25) is 4.79 Å². The molecule has 2 fully saturated rings. The molecule has 4 nitrogen and oxygen atoms in total. The maximum absolute atomic E-state index is 12.5. The number of carbonyl (C=O) groups excluding carboxylic acids is 1. The molecule has 7 heteroatoms. The first-order valence-electron chi connectivity index (χ1n) is 5.94. The topological polar surface area (TPSA) is 57.6 Å². The van der Waals surface area contributed by atoms with Crippen molar-refractivity contribution in [2.75, 3.05) is 0 Å². The van der Waals surface area contributed by atoms with E-state index in [9.17, 15) is 22.8 Å². The van der Waals surface area contributed by atoms with Gasteiger partial charge in [-0.1, -0.05) is 12.8 Å². The molecule has 0 aromatic carbocycles. The minimum atomic E-state index is -5.00. The molecule has 3 unspecified atom stereocenters. The lowest BCUT2D eigenvalue weighted by molar-refractivity contribution is -0.190. The van der Waals surface area contributed by atoms with Crippen LogP contribution in [0.1, 0.15) is 32.1 Å². The Bertz CT molecular complexity index is 369. The molecule has 1 aliphatic carbocycles. The molecule has 1 saturated carbocycles. The highest BCUT2D eigenvalue weighted by Crippen LogP contribution is 2.41. The summed E-state index contributed by atoms with van der Waals surface area (Å²) in [6.07, 6.45) is -2.05. The molecule has 0 aromatic rings. The fourth-order valence-corrected chi connectivity index (χ4v) is 3.12. The lowest BCUT2D eigenvalue weighted by Gasteiger charge is -2.33. The van der Waals surface area contributed by atoms with Gasteiger partial charge in [0.25, 0.3) is 0 Å². The highest BCUT2D eigenvalue weighted by Gasteiger charge is 2.54. The summed E-state index contributed by atoms with van der Waals surface area (Å²) in [5, 5.41) is 8.98. The SMILES string of the molecule is O=C(O)C1CC2CCCCC2N1C(=O)C(F)(F)F. The maximum atomic E-state index is 12.5. The van der Waals surface area contributed by atoms with Gasteiger partial charge < -0.3 is 10.0 Å². The molecule has 1 saturated heterocycles. The molecular weight excluding hydrogens is 251 g/mol. The third kappa shape index (κ3) is 2.18. The van der Waals surface area contributed by atoms with Crippen LogP contribution in [0, 0.1) is 5.92 Å². The average molecular weight is 265 g/mol. The number of rotatable bonds is 1. The number of carbonyl (C=O) groups is 2. The zero-order valence-electron chi connectivity index (χ0n) is 9.61. The van der Waals surface area contributed by atoms with Gasteiger partial charge in [-0.05, 0) is 25.2 Å².